The standard InChI is InChI=1S/C20H30N6O/c1-23-18(6-8-21-23)7-9-24-10-12-25(13-11-24)14-15-26-20(27)16-17-4-2-3-5-19(17)22-26/h6,8,16H,2-5,7,9-15H2,1H3. The van der Waals surface area contributed by atoms with Crippen LogP contribution in [0.5, 0.6) is 0 Å². The molecule has 7 heteroatoms. The van der Waals surface area contributed by atoms with Gasteiger partial charge in [-0.3, -0.25) is 14.4 Å². The van der Waals surface area contributed by atoms with Crippen molar-refractivity contribution in [3.63, 3.8) is 0 Å². The van der Waals surface area contributed by atoms with Crippen LogP contribution >= 0.6 is 0 Å². The molecule has 1 saturated heterocycles. The molecule has 2 aliphatic rings. The van der Waals surface area contributed by atoms with E-state index >= 15 is 0 Å². The summed E-state index contributed by atoms with van der Waals surface area (Å²) >= 11 is 0. The highest BCUT2D eigenvalue weighted by atomic mass is 16.1. The third-order valence-electron chi connectivity index (χ3n) is 5.97. The molecule has 0 radical (unpaired) electrons. The number of hydrogen-bond acceptors (Lipinski definition) is 5. The molecule has 0 amide bonds. The Balaban J connectivity index is 1.24. The number of aryl methyl sites for hydroxylation is 3. The Kier molecular flexibility index (Phi) is 5.69. The molecule has 0 aromatic carbocycles. The third kappa shape index (κ3) is 4.47. The molecule has 1 aliphatic heterocycles. The quantitative estimate of drug-likeness (QED) is 0.750. The van der Waals surface area contributed by atoms with Crippen molar-refractivity contribution in [1.82, 2.24) is 29.4 Å². The minimum absolute atomic E-state index is 0.0606. The Labute approximate surface area is 160 Å². The molecule has 0 unspecified atom stereocenters. The number of rotatable bonds is 6. The molecule has 4 rings (SSSR count). The summed E-state index contributed by atoms with van der Waals surface area (Å²) in [6.45, 7) is 6.98. The maximum Gasteiger partial charge on any atom is 0.267 e. The van der Waals surface area contributed by atoms with Crippen molar-refractivity contribution in [2.75, 3.05) is 39.3 Å². The van der Waals surface area contributed by atoms with Crippen LogP contribution in [0.2, 0.25) is 0 Å². The zero-order valence-electron chi connectivity index (χ0n) is 16.3. The molecule has 0 bridgehead atoms. The minimum Gasteiger partial charge on any atom is -0.300 e. The summed E-state index contributed by atoms with van der Waals surface area (Å²) < 4.78 is 3.64. The van der Waals surface area contributed by atoms with Crippen molar-refractivity contribution in [2.24, 2.45) is 7.05 Å². The van der Waals surface area contributed by atoms with Crippen molar-refractivity contribution in [1.29, 1.82) is 0 Å². The minimum atomic E-state index is 0.0606. The predicted molar refractivity (Wildman–Crippen MR) is 105 cm³/mol. The first-order chi connectivity index (χ1) is 13.2. The van der Waals surface area contributed by atoms with Crippen LogP contribution in [0.3, 0.4) is 0 Å². The van der Waals surface area contributed by atoms with Crippen LogP contribution < -0.4 is 5.56 Å². The van der Waals surface area contributed by atoms with Gasteiger partial charge in [-0.25, -0.2) is 4.68 Å². The van der Waals surface area contributed by atoms with Crippen molar-refractivity contribution >= 4 is 0 Å². The normalized spacial score (nSPS) is 18.6. The molecule has 0 atom stereocenters. The summed E-state index contributed by atoms with van der Waals surface area (Å²) in [6.07, 6.45) is 7.32. The zero-order chi connectivity index (χ0) is 18.6. The maximum absolute atomic E-state index is 12.3. The van der Waals surface area contributed by atoms with Gasteiger partial charge < -0.3 is 4.90 Å². The number of fused-ring (bicyclic) bond motifs is 1. The molecule has 1 fully saturated rings. The average Bonchev–Trinajstić information content (AvgIpc) is 3.10. The number of nitrogens with zero attached hydrogens (tertiary/aromatic N) is 6. The highest BCUT2D eigenvalue weighted by molar-refractivity contribution is 5.20. The Hall–Kier alpha value is -1.99. The van der Waals surface area contributed by atoms with Gasteiger partial charge in [-0.1, -0.05) is 0 Å². The number of hydrogen-bond donors (Lipinski definition) is 0. The molecule has 2 aromatic heterocycles. The van der Waals surface area contributed by atoms with Crippen LogP contribution in [-0.4, -0.2) is 68.6 Å². The number of piperazine rings is 1. The molecule has 146 valence electrons. The van der Waals surface area contributed by atoms with Gasteiger partial charge in [-0.15, -0.1) is 0 Å². The van der Waals surface area contributed by atoms with Crippen LogP contribution in [0.15, 0.2) is 23.1 Å². The summed E-state index contributed by atoms with van der Waals surface area (Å²) in [4.78, 5) is 17.3. The second-order valence-electron chi connectivity index (χ2n) is 7.76. The summed E-state index contributed by atoms with van der Waals surface area (Å²) in [7, 11) is 2.00. The Bertz CT molecular complexity index is 818. The average molecular weight is 371 g/mol. The second kappa shape index (κ2) is 8.35. The SMILES string of the molecule is Cn1nccc1CCN1CCN(CCn2nc3c(cc2=O)CCCC3)CC1. The van der Waals surface area contributed by atoms with Gasteiger partial charge in [0.15, 0.2) is 0 Å². The molecule has 0 N–H and O–H groups in total. The summed E-state index contributed by atoms with van der Waals surface area (Å²) in [6, 6.07) is 3.91. The summed E-state index contributed by atoms with van der Waals surface area (Å²) in [5.74, 6) is 0. The van der Waals surface area contributed by atoms with E-state index < -0.39 is 0 Å². The monoisotopic (exact) mass is 370 g/mol. The molecule has 2 aromatic rings. The van der Waals surface area contributed by atoms with Crippen molar-refractivity contribution < 1.29 is 0 Å². The highest BCUT2D eigenvalue weighted by Gasteiger charge is 2.18. The summed E-state index contributed by atoms with van der Waals surface area (Å²) in [5, 5.41) is 8.87. The van der Waals surface area contributed by atoms with E-state index in [0.29, 0.717) is 6.54 Å². The van der Waals surface area contributed by atoms with Gasteiger partial charge in [-0.2, -0.15) is 10.2 Å². The predicted octanol–water partition coefficient (Wildman–Crippen LogP) is 0.716. The molecule has 27 heavy (non-hydrogen) atoms. The van der Waals surface area contributed by atoms with Crippen LogP contribution in [0, 0.1) is 0 Å². The smallest absolute Gasteiger partial charge is 0.267 e. The Morgan fingerprint density at radius 1 is 1.00 bits per heavy atom. The molecule has 0 spiro atoms. The third-order valence-corrected chi connectivity index (χ3v) is 5.97. The summed E-state index contributed by atoms with van der Waals surface area (Å²) in [5.41, 5.74) is 3.66. The van der Waals surface area contributed by atoms with E-state index in [9.17, 15) is 4.79 Å². The first-order valence-electron chi connectivity index (χ1n) is 10.2. The Morgan fingerprint density at radius 2 is 1.74 bits per heavy atom. The fourth-order valence-corrected chi connectivity index (χ4v) is 4.15. The molecular formula is C20H30N6O. The van der Waals surface area contributed by atoms with E-state index in [0.717, 1.165) is 64.2 Å². The van der Waals surface area contributed by atoms with E-state index in [4.69, 9.17) is 0 Å². The fraction of sp³-hybridized carbons (Fsp3) is 0.650. The molecule has 7 nitrogen and oxygen atoms in total. The van der Waals surface area contributed by atoms with Crippen LogP contribution in [0.4, 0.5) is 0 Å². The first kappa shape index (κ1) is 18.4. The van der Waals surface area contributed by atoms with Gasteiger partial charge in [-0.05, 0) is 37.3 Å². The van der Waals surface area contributed by atoms with Crippen LogP contribution in [-0.2, 0) is 32.9 Å². The lowest BCUT2D eigenvalue weighted by Crippen LogP contribution is -2.48. The van der Waals surface area contributed by atoms with E-state index in [1.54, 1.807) is 4.68 Å². The largest absolute Gasteiger partial charge is 0.300 e. The van der Waals surface area contributed by atoms with E-state index in [-0.39, 0.29) is 5.56 Å². The number of aromatic nitrogens is 4. The van der Waals surface area contributed by atoms with E-state index in [1.165, 1.54) is 24.1 Å². The zero-order valence-corrected chi connectivity index (χ0v) is 16.3. The van der Waals surface area contributed by atoms with Crippen molar-refractivity contribution in [3.05, 3.63) is 45.6 Å². The van der Waals surface area contributed by atoms with Gasteiger partial charge in [0.05, 0.1) is 12.2 Å². The lowest BCUT2D eigenvalue weighted by atomic mass is 9.97. The van der Waals surface area contributed by atoms with E-state index in [1.807, 2.05) is 24.0 Å². The van der Waals surface area contributed by atoms with Gasteiger partial charge in [0.25, 0.3) is 5.56 Å². The lowest BCUT2D eigenvalue weighted by molar-refractivity contribution is 0.128. The second-order valence-corrected chi connectivity index (χ2v) is 7.76. The highest BCUT2D eigenvalue weighted by Crippen LogP contribution is 2.16. The topological polar surface area (TPSA) is 59.2 Å². The molecular weight excluding hydrogens is 340 g/mol. The maximum atomic E-state index is 12.3. The molecule has 0 saturated carbocycles. The Morgan fingerprint density at radius 3 is 2.48 bits per heavy atom. The van der Waals surface area contributed by atoms with Gasteiger partial charge >= 0.3 is 0 Å². The molecule has 1 aliphatic carbocycles. The van der Waals surface area contributed by atoms with Crippen molar-refractivity contribution in [2.45, 2.75) is 38.6 Å². The van der Waals surface area contributed by atoms with Gasteiger partial charge in [0.1, 0.15) is 0 Å². The lowest BCUT2D eigenvalue weighted by Gasteiger charge is -2.34. The molecule has 3 heterocycles. The van der Waals surface area contributed by atoms with Gasteiger partial charge in [0.2, 0.25) is 0 Å². The van der Waals surface area contributed by atoms with E-state index in [2.05, 4.69) is 26.1 Å². The fourth-order valence-electron chi connectivity index (χ4n) is 4.15. The first-order valence-corrected chi connectivity index (χ1v) is 10.2. The van der Waals surface area contributed by atoms with Crippen molar-refractivity contribution in [3.8, 4) is 0 Å². The van der Waals surface area contributed by atoms with Crippen LogP contribution in [0.25, 0.3) is 0 Å². The van der Waals surface area contributed by atoms with Gasteiger partial charge in [0, 0.05) is 70.7 Å². The van der Waals surface area contributed by atoms with Crippen LogP contribution in [0.1, 0.15) is 29.8 Å².